The van der Waals surface area contributed by atoms with E-state index in [9.17, 15) is 0 Å². The second kappa shape index (κ2) is 11.2. The van der Waals surface area contributed by atoms with Crippen LogP contribution in [0.3, 0.4) is 0 Å². The van der Waals surface area contributed by atoms with Crippen LogP contribution in [-0.4, -0.2) is 42.7 Å². The lowest BCUT2D eigenvalue weighted by molar-refractivity contribution is 0.181. The molecule has 2 rings (SSSR count). The molecule has 0 amide bonds. The van der Waals surface area contributed by atoms with Crippen LogP contribution in [0.4, 0.5) is 5.69 Å². The topological polar surface area (TPSA) is 37.4 Å². The number of nitrogens with zero attached hydrogens (tertiary/aromatic N) is 2. The first-order valence-corrected chi connectivity index (χ1v) is 9.45. The Hall–Kier alpha value is -1.52. The third kappa shape index (κ3) is 6.33. The van der Waals surface area contributed by atoms with Crippen LogP contribution in [-0.2, 0) is 0 Å². The van der Waals surface area contributed by atoms with Gasteiger partial charge in [-0.1, -0.05) is 26.8 Å². The lowest BCUT2D eigenvalue weighted by Gasteiger charge is -2.30. The molecule has 1 N–H and O–H groups in total. The van der Waals surface area contributed by atoms with Crippen LogP contribution in [0.1, 0.15) is 40.5 Å². The van der Waals surface area contributed by atoms with E-state index in [0.29, 0.717) is 12.0 Å². The van der Waals surface area contributed by atoms with Crippen molar-refractivity contribution in [1.82, 2.24) is 9.88 Å². The Morgan fingerprint density at radius 3 is 2.65 bits per heavy atom. The van der Waals surface area contributed by atoms with Crippen LogP contribution in [0.25, 0.3) is 10.9 Å². The Morgan fingerprint density at radius 2 is 2.00 bits per heavy atom. The summed E-state index contributed by atoms with van der Waals surface area (Å²) < 4.78 is 5.42. The molecule has 0 saturated carbocycles. The molecule has 0 aliphatic heterocycles. The molecule has 2 aromatic rings. The largest absolute Gasteiger partial charge is 0.497 e. The van der Waals surface area contributed by atoms with Crippen LogP contribution in [0.5, 0.6) is 5.75 Å². The highest BCUT2D eigenvalue weighted by atomic mass is 35.5. The van der Waals surface area contributed by atoms with Crippen molar-refractivity contribution in [2.24, 2.45) is 5.92 Å². The first-order chi connectivity index (χ1) is 12.0. The Kier molecular flexibility index (Phi) is 9.74. The molecule has 0 radical (unpaired) electrons. The molecule has 0 fully saturated rings. The van der Waals surface area contributed by atoms with Crippen LogP contribution in [0, 0.1) is 5.92 Å². The molecule has 1 unspecified atom stereocenters. The van der Waals surface area contributed by atoms with E-state index in [4.69, 9.17) is 4.74 Å². The Morgan fingerprint density at radius 1 is 1.23 bits per heavy atom. The minimum atomic E-state index is 0. The van der Waals surface area contributed by atoms with Crippen molar-refractivity contribution in [3.05, 3.63) is 30.5 Å². The molecule has 0 spiro atoms. The number of hydrogen-bond acceptors (Lipinski definition) is 4. The molecule has 146 valence electrons. The second-order valence-electron chi connectivity index (χ2n) is 7.18. The summed E-state index contributed by atoms with van der Waals surface area (Å²) in [6.07, 6.45) is 4.15. The second-order valence-corrected chi connectivity index (χ2v) is 7.18. The smallest absolute Gasteiger partial charge is 0.121 e. The Balaban J connectivity index is 0.00000338. The number of methoxy groups -OCH3 is 1. The maximum atomic E-state index is 5.42. The molecule has 0 aliphatic carbocycles. The van der Waals surface area contributed by atoms with Gasteiger partial charge < -0.3 is 15.0 Å². The predicted molar refractivity (Wildman–Crippen MR) is 115 cm³/mol. The number of pyridine rings is 1. The first-order valence-electron chi connectivity index (χ1n) is 9.45. The van der Waals surface area contributed by atoms with Crippen LogP contribution in [0.2, 0.25) is 0 Å². The van der Waals surface area contributed by atoms with Gasteiger partial charge in [0.25, 0.3) is 0 Å². The summed E-state index contributed by atoms with van der Waals surface area (Å²) in [5.41, 5.74) is 2.05. The number of anilines is 1. The summed E-state index contributed by atoms with van der Waals surface area (Å²) in [5.74, 6) is 1.57. The maximum Gasteiger partial charge on any atom is 0.121 e. The van der Waals surface area contributed by atoms with E-state index in [0.717, 1.165) is 41.9 Å². The van der Waals surface area contributed by atoms with Crippen molar-refractivity contribution in [3.8, 4) is 5.75 Å². The lowest BCUT2D eigenvalue weighted by Crippen LogP contribution is -2.37. The number of fused-ring (bicyclic) bond motifs is 1. The summed E-state index contributed by atoms with van der Waals surface area (Å²) in [5, 5.41) is 4.66. The van der Waals surface area contributed by atoms with Crippen molar-refractivity contribution in [2.45, 2.75) is 46.6 Å². The molecule has 0 aliphatic rings. The van der Waals surface area contributed by atoms with Crippen LogP contribution in [0.15, 0.2) is 30.5 Å². The van der Waals surface area contributed by atoms with Gasteiger partial charge in [0.2, 0.25) is 0 Å². The quantitative estimate of drug-likeness (QED) is 0.574. The highest BCUT2D eigenvalue weighted by Crippen LogP contribution is 2.27. The number of halogens is 1. The fourth-order valence-corrected chi connectivity index (χ4v) is 3.14. The van der Waals surface area contributed by atoms with E-state index >= 15 is 0 Å². The molecule has 1 heterocycles. The van der Waals surface area contributed by atoms with E-state index in [1.165, 1.54) is 13.0 Å². The minimum absolute atomic E-state index is 0. The van der Waals surface area contributed by atoms with Gasteiger partial charge in [-0.05, 0) is 37.8 Å². The summed E-state index contributed by atoms with van der Waals surface area (Å²) in [7, 11) is 1.71. The molecular weight excluding hydrogens is 346 g/mol. The summed E-state index contributed by atoms with van der Waals surface area (Å²) >= 11 is 0. The maximum absolute atomic E-state index is 5.42. The van der Waals surface area contributed by atoms with Gasteiger partial charge >= 0.3 is 0 Å². The van der Waals surface area contributed by atoms with Gasteiger partial charge in [-0.25, -0.2) is 0 Å². The predicted octanol–water partition coefficient (Wildman–Crippen LogP) is 5.22. The van der Waals surface area contributed by atoms with Gasteiger partial charge in [-0.15, -0.1) is 12.4 Å². The highest BCUT2D eigenvalue weighted by molar-refractivity contribution is 5.91. The fourth-order valence-electron chi connectivity index (χ4n) is 3.14. The number of benzene rings is 1. The van der Waals surface area contributed by atoms with Crippen LogP contribution >= 0.6 is 12.4 Å². The van der Waals surface area contributed by atoms with E-state index in [2.05, 4.69) is 49.0 Å². The average molecular weight is 380 g/mol. The normalized spacial score (nSPS) is 12.3. The fraction of sp³-hybridized carbons (Fsp3) is 0.571. The molecule has 0 saturated heterocycles. The van der Waals surface area contributed by atoms with Crippen LogP contribution < -0.4 is 10.1 Å². The Bertz CT molecular complexity index is 663. The van der Waals surface area contributed by atoms with Gasteiger partial charge in [0, 0.05) is 43.3 Å². The standard InChI is InChI=1S/C21H33N3O.ClH/c1-6-17(4)24(15-16(2)3)12-8-11-22-20-14-19(25-5)13-18-9-7-10-23-21(18)20;/h7,9-10,13-14,16-17,22H,6,8,11-12,15H2,1-5H3;1H. The summed E-state index contributed by atoms with van der Waals surface area (Å²) in [6, 6.07) is 8.74. The monoisotopic (exact) mass is 379 g/mol. The van der Waals surface area contributed by atoms with Gasteiger partial charge in [-0.2, -0.15) is 0 Å². The zero-order valence-electron chi connectivity index (χ0n) is 16.8. The molecule has 1 atom stereocenters. The average Bonchev–Trinajstić information content (AvgIpc) is 2.62. The van der Waals surface area contributed by atoms with Gasteiger partial charge in [0.15, 0.2) is 0 Å². The minimum Gasteiger partial charge on any atom is -0.497 e. The Labute approximate surface area is 164 Å². The summed E-state index contributed by atoms with van der Waals surface area (Å²) in [6.45, 7) is 12.4. The van der Waals surface area contributed by atoms with Gasteiger partial charge in [0.05, 0.1) is 18.3 Å². The van der Waals surface area contributed by atoms with E-state index < -0.39 is 0 Å². The number of nitrogens with one attached hydrogen (secondary N) is 1. The molecule has 26 heavy (non-hydrogen) atoms. The van der Waals surface area contributed by atoms with Crippen molar-refractivity contribution in [1.29, 1.82) is 0 Å². The molecule has 0 bridgehead atoms. The number of hydrogen-bond donors (Lipinski definition) is 1. The van der Waals surface area contributed by atoms with Gasteiger partial charge in [-0.3, -0.25) is 4.98 Å². The van der Waals surface area contributed by atoms with Crippen molar-refractivity contribution >= 4 is 29.0 Å². The zero-order chi connectivity index (χ0) is 18.2. The molecule has 1 aromatic carbocycles. The van der Waals surface area contributed by atoms with Crippen molar-refractivity contribution < 1.29 is 4.74 Å². The zero-order valence-corrected chi connectivity index (χ0v) is 17.6. The van der Waals surface area contributed by atoms with Crippen molar-refractivity contribution in [3.63, 3.8) is 0 Å². The number of rotatable bonds is 10. The first kappa shape index (κ1) is 22.5. The molecule has 1 aromatic heterocycles. The third-order valence-corrected chi connectivity index (χ3v) is 4.67. The highest BCUT2D eigenvalue weighted by Gasteiger charge is 2.13. The number of ether oxygens (including phenoxy) is 1. The summed E-state index contributed by atoms with van der Waals surface area (Å²) in [4.78, 5) is 7.13. The lowest BCUT2D eigenvalue weighted by atomic mass is 10.1. The van der Waals surface area contributed by atoms with E-state index in [1.54, 1.807) is 7.11 Å². The molecular formula is C21H34ClN3O. The third-order valence-electron chi connectivity index (χ3n) is 4.67. The molecule has 4 nitrogen and oxygen atoms in total. The van der Waals surface area contributed by atoms with Crippen molar-refractivity contribution in [2.75, 3.05) is 32.1 Å². The number of aromatic nitrogens is 1. The van der Waals surface area contributed by atoms with Gasteiger partial charge in [0.1, 0.15) is 5.75 Å². The van der Waals surface area contributed by atoms with E-state index in [-0.39, 0.29) is 12.4 Å². The molecule has 5 heteroatoms. The van der Waals surface area contributed by atoms with E-state index in [1.807, 2.05) is 24.4 Å². The SMILES string of the molecule is CCC(C)N(CCCNc1cc(OC)cc2cccnc12)CC(C)C.Cl.